The van der Waals surface area contributed by atoms with Crippen molar-refractivity contribution in [3.63, 3.8) is 0 Å². The third-order valence-corrected chi connectivity index (χ3v) is 3.07. The lowest BCUT2D eigenvalue weighted by Crippen LogP contribution is -2.47. The minimum Gasteiger partial charge on any atom is -0.444 e. The van der Waals surface area contributed by atoms with Gasteiger partial charge in [0.2, 0.25) is 0 Å². The Kier molecular flexibility index (Phi) is 5.41. The molecule has 0 aliphatic carbocycles. The quantitative estimate of drug-likeness (QED) is 0.799. The molecule has 1 rings (SSSR count). The fourth-order valence-corrected chi connectivity index (χ4v) is 2.19. The summed E-state index contributed by atoms with van der Waals surface area (Å²) < 4.78 is 5.35. The second kappa shape index (κ2) is 6.38. The number of aliphatic hydroxyl groups is 1. The van der Waals surface area contributed by atoms with Crippen molar-refractivity contribution in [1.82, 2.24) is 10.2 Å². The van der Waals surface area contributed by atoms with Crippen LogP contribution >= 0.6 is 0 Å². The summed E-state index contributed by atoms with van der Waals surface area (Å²) in [6, 6.07) is 0. The lowest BCUT2D eigenvalue weighted by Gasteiger charge is -2.36. The number of piperidine rings is 1. The number of amides is 1. The molecule has 1 heterocycles. The number of ether oxygens (including phenoxy) is 1. The third-order valence-electron chi connectivity index (χ3n) is 3.07. The van der Waals surface area contributed by atoms with Gasteiger partial charge in [0.1, 0.15) is 5.60 Å². The first-order valence-corrected chi connectivity index (χ1v) is 6.64. The van der Waals surface area contributed by atoms with Gasteiger partial charge in [0.05, 0.1) is 6.10 Å². The molecule has 1 fully saturated rings. The molecule has 1 aliphatic rings. The van der Waals surface area contributed by atoms with E-state index in [2.05, 4.69) is 5.32 Å². The van der Waals surface area contributed by atoms with Crippen molar-refractivity contribution in [2.24, 2.45) is 5.92 Å². The lowest BCUT2D eigenvalue weighted by molar-refractivity contribution is 0.00327. The molecule has 1 aliphatic heterocycles. The van der Waals surface area contributed by atoms with E-state index in [0.29, 0.717) is 13.1 Å². The average molecular weight is 258 g/mol. The van der Waals surface area contributed by atoms with Crippen molar-refractivity contribution in [3.8, 4) is 0 Å². The molecule has 0 saturated carbocycles. The van der Waals surface area contributed by atoms with Gasteiger partial charge in [-0.3, -0.25) is 0 Å². The summed E-state index contributed by atoms with van der Waals surface area (Å²) in [4.78, 5) is 13.7. The molecule has 5 heteroatoms. The Bertz CT molecular complexity index is 276. The molecular formula is C13H26N2O3. The molecule has 1 amide bonds. The first-order valence-electron chi connectivity index (χ1n) is 6.64. The standard InChI is InChI=1S/C13H26N2O3/c1-13(2,3)18-12(17)15-7-5-6-10(9-15)11(16)8-14-4/h10-11,14,16H,5-9H2,1-4H3. The highest BCUT2D eigenvalue weighted by molar-refractivity contribution is 5.68. The molecule has 106 valence electrons. The summed E-state index contributed by atoms with van der Waals surface area (Å²) in [5.41, 5.74) is -0.465. The fraction of sp³-hybridized carbons (Fsp3) is 0.923. The molecular weight excluding hydrogens is 232 g/mol. The van der Waals surface area contributed by atoms with Crippen LogP contribution in [-0.2, 0) is 4.74 Å². The lowest BCUT2D eigenvalue weighted by atomic mass is 9.92. The molecule has 0 aromatic carbocycles. The van der Waals surface area contributed by atoms with Crippen LogP contribution in [0.25, 0.3) is 0 Å². The largest absolute Gasteiger partial charge is 0.444 e. The number of carbonyl (C=O) groups is 1. The Labute approximate surface area is 109 Å². The van der Waals surface area contributed by atoms with E-state index in [1.807, 2.05) is 27.8 Å². The number of carbonyl (C=O) groups excluding carboxylic acids is 1. The van der Waals surface area contributed by atoms with E-state index in [-0.39, 0.29) is 12.0 Å². The van der Waals surface area contributed by atoms with E-state index < -0.39 is 11.7 Å². The predicted octanol–water partition coefficient (Wildman–Crippen LogP) is 1.21. The monoisotopic (exact) mass is 258 g/mol. The van der Waals surface area contributed by atoms with Gasteiger partial charge in [0, 0.05) is 25.6 Å². The van der Waals surface area contributed by atoms with Gasteiger partial charge in [-0.2, -0.15) is 0 Å². The molecule has 18 heavy (non-hydrogen) atoms. The number of likely N-dealkylation sites (tertiary alicyclic amines) is 1. The summed E-state index contributed by atoms with van der Waals surface area (Å²) in [6.45, 7) is 7.45. The van der Waals surface area contributed by atoms with E-state index in [9.17, 15) is 9.90 Å². The molecule has 2 N–H and O–H groups in total. The van der Waals surface area contributed by atoms with Gasteiger partial charge < -0.3 is 20.1 Å². The number of likely N-dealkylation sites (N-methyl/N-ethyl adjacent to an activating group) is 1. The fourth-order valence-electron chi connectivity index (χ4n) is 2.19. The number of rotatable bonds is 3. The van der Waals surface area contributed by atoms with Crippen LogP contribution in [0.2, 0.25) is 0 Å². The summed E-state index contributed by atoms with van der Waals surface area (Å²) in [6.07, 6.45) is 1.21. The van der Waals surface area contributed by atoms with Crippen LogP contribution in [0, 0.1) is 5.92 Å². The van der Waals surface area contributed by atoms with Crippen molar-refractivity contribution < 1.29 is 14.6 Å². The highest BCUT2D eigenvalue weighted by Crippen LogP contribution is 2.21. The van der Waals surface area contributed by atoms with E-state index in [0.717, 1.165) is 19.4 Å². The topological polar surface area (TPSA) is 61.8 Å². The number of nitrogens with zero attached hydrogens (tertiary/aromatic N) is 1. The molecule has 0 radical (unpaired) electrons. The number of hydrogen-bond acceptors (Lipinski definition) is 4. The van der Waals surface area contributed by atoms with Crippen LogP contribution in [0.5, 0.6) is 0 Å². The third kappa shape index (κ3) is 4.82. The van der Waals surface area contributed by atoms with Gasteiger partial charge >= 0.3 is 6.09 Å². The SMILES string of the molecule is CNCC(O)C1CCCN(C(=O)OC(C)(C)C)C1. The van der Waals surface area contributed by atoms with Crippen molar-refractivity contribution in [2.75, 3.05) is 26.7 Å². The number of hydrogen-bond donors (Lipinski definition) is 2. The summed E-state index contributed by atoms with van der Waals surface area (Å²) in [5.74, 6) is 0.138. The first-order chi connectivity index (χ1) is 8.33. The van der Waals surface area contributed by atoms with Gasteiger partial charge in [-0.05, 0) is 40.7 Å². The molecule has 2 unspecified atom stereocenters. The van der Waals surface area contributed by atoms with E-state index >= 15 is 0 Å². The van der Waals surface area contributed by atoms with Gasteiger partial charge in [0.25, 0.3) is 0 Å². The molecule has 2 atom stereocenters. The van der Waals surface area contributed by atoms with Gasteiger partial charge in [-0.15, -0.1) is 0 Å². The van der Waals surface area contributed by atoms with Crippen LogP contribution in [0.3, 0.4) is 0 Å². The Morgan fingerprint density at radius 3 is 2.78 bits per heavy atom. The second-order valence-electron chi connectivity index (χ2n) is 5.95. The Morgan fingerprint density at radius 2 is 2.22 bits per heavy atom. The summed E-state index contributed by atoms with van der Waals surface area (Å²) >= 11 is 0. The molecule has 1 saturated heterocycles. The maximum atomic E-state index is 11.9. The Hall–Kier alpha value is -0.810. The molecule has 0 spiro atoms. The van der Waals surface area contributed by atoms with Crippen molar-refractivity contribution >= 4 is 6.09 Å². The molecule has 0 bridgehead atoms. The van der Waals surface area contributed by atoms with Gasteiger partial charge in [-0.1, -0.05) is 0 Å². The Morgan fingerprint density at radius 1 is 1.56 bits per heavy atom. The highest BCUT2D eigenvalue weighted by atomic mass is 16.6. The minimum absolute atomic E-state index is 0.138. The zero-order chi connectivity index (χ0) is 13.8. The van der Waals surface area contributed by atoms with E-state index in [1.54, 1.807) is 4.90 Å². The normalized spacial score (nSPS) is 22.7. The van der Waals surface area contributed by atoms with Crippen LogP contribution < -0.4 is 5.32 Å². The molecule has 0 aromatic rings. The molecule has 5 nitrogen and oxygen atoms in total. The zero-order valence-corrected chi connectivity index (χ0v) is 11.9. The minimum atomic E-state index is -0.465. The van der Waals surface area contributed by atoms with Crippen LogP contribution in [-0.4, -0.2) is 54.5 Å². The van der Waals surface area contributed by atoms with Crippen molar-refractivity contribution in [3.05, 3.63) is 0 Å². The second-order valence-corrected chi connectivity index (χ2v) is 5.95. The van der Waals surface area contributed by atoms with Gasteiger partial charge in [0.15, 0.2) is 0 Å². The highest BCUT2D eigenvalue weighted by Gasteiger charge is 2.30. The summed E-state index contributed by atoms with van der Waals surface area (Å²) in [5, 5.41) is 12.9. The first kappa shape index (κ1) is 15.2. The van der Waals surface area contributed by atoms with Crippen LogP contribution in [0.15, 0.2) is 0 Å². The zero-order valence-electron chi connectivity index (χ0n) is 11.9. The maximum Gasteiger partial charge on any atom is 0.410 e. The van der Waals surface area contributed by atoms with Crippen LogP contribution in [0.4, 0.5) is 4.79 Å². The van der Waals surface area contributed by atoms with E-state index in [4.69, 9.17) is 4.74 Å². The predicted molar refractivity (Wildman–Crippen MR) is 70.5 cm³/mol. The number of aliphatic hydroxyl groups excluding tert-OH is 1. The smallest absolute Gasteiger partial charge is 0.410 e. The average Bonchev–Trinajstić information content (AvgIpc) is 2.27. The Balaban J connectivity index is 2.50. The van der Waals surface area contributed by atoms with Crippen LogP contribution in [0.1, 0.15) is 33.6 Å². The maximum absolute atomic E-state index is 11.9. The molecule has 0 aromatic heterocycles. The number of nitrogens with one attached hydrogen (secondary N) is 1. The van der Waals surface area contributed by atoms with Gasteiger partial charge in [-0.25, -0.2) is 4.79 Å². The summed E-state index contributed by atoms with van der Waals surface area (Å²) in [7, 11) is 1.82. The van der Waals surface area contributed by atoms with E-state index in [1.165, 1.54) is 0 Å². The van der Waals surface area contributed by atoms with Crippen molar-refractivity contribution in [2.45, 2.75) is 45.3 Å². The van der Waals surface area contributed by atoms with Crippen molar-refractivity contribution in [1.29, 1.82) is 0 Å².